The van der Waals surface area contributed by atoms with Crippen LogP contribution < -0.4 is 5.32 Å². The van der Waals surface area contributed by atoms with Crippen LogP contribution in [0.3, 0.4) is 0 Å². The standard InChI is InChI=1S/C33H47NO4S/c1-4-5-12-26(20-25-13-7-6-8-14-25)22-38-23-27-16-17-29(30(21-27)28-15-10-9-11-24(28)2)32(35)34-31(33(36)37)18-19-39-3/h9-11,15-17,21,25-26,31H,4-8,12-14,18-20,22-23H2,1-3H3,(H,34,35)(H,36,37)/t26?,31-/m0/s1. The van der Waals surface area contributed by atoms with Crippen molar-refractivity contribution < 1.29 is 19.4 Å². The molecule has 214 valence electrons. The van der Waals surface area contributed by atoms with Crippen LogP contribution in [0.4, 0.5) is 0 Å². The van der Waals surface area contributed by atoms with E-state index in [0.29, 0.717) is 30.3 Å². The highest BCUT2D eigenvalue weighted by Gasteiger charge is 2.23. The van der Waals surface area contributed by atoms with Crippen LogP contribution in [0.15, 0.2) is 42.5 Å². The van der Waals surface area contributed by atoms with Crippen molar-refractivity contribution in [2.45, 2.75) is 90.7 Å². The number of carbonyl (C=O) groups excluding carboxylic acids is 1. The molecule has 2 N–H and O–H groups in total. The third kappa shape index (κ3) is 9.99. The van der Waals surface area contributed by atoms with Gasteiger partial charge in [-0.25, -0.2) is 4.79 Å². The van der Waals surface area contributed by atoms with Gasteiger partial charge < -0.3 is 15.2 Å². The number of hydrogen-bond donors (Lipinski definition) is 2. The molecule has 1 saturated carbocycles. The van der Waals surface area contributed by atoms with E-state index in [9.17, 15) is 14.7 Å². The topological polar surface area (TPSA) is 75.6 Å². The Morgan fingerprint density at radius 1 is 1.08 bits per heavy atom. The van der Waals surface area contributed by atoms with Crippen molar-refractivity contribution in [3.63, 3.8) is 0 Å². The fraction of sp³-hybridized carbons (Fsp3) is 0.576. The molecule has 3 rings (SSSR count). The highest BCUT2D eigenvalue weighted by atomic mass is 32.2. The van der Waals surface area contributed by atoms with E-state index in [2.05, 4.69) is 12.2 Å². The minimum Gasteiger partial charge on any atom is -0.480 e. The Morgan fingerprint density at radius 2 is 1.85 bits per heavy atom. The largest absolute Gasteiger partial charge is 0.480 e. The van der Waals surface area contributed by atoms with Crippen molar-refractivity contribution in [3.8, 4) is 11.1 Å². The van der Waals surface area contributed by atoms with Crippen molar-refractivity contribution in [3.05, 3.63) is 59.2 Å². The van der Waals surface area contributed by atoms with Crippen LogP contribution in [0.25, 0.3) is 11.1 Å². The summed E-state index contributed by atoms with van der Waals surface area (Å²) in [4.78, 5) is 25.1. The van der Waals surface area contributed by atoms with Crippen LogP contribution in [0.5, 0.6) is 0 Å². The Labute approximate surface area is 239 Å². The zero-order valence-electron chi connectivity index (χ0n) is 24.0. The minimum absolute atomic E-state index is 0.360. The van der Waals surface area contributed by atoms with Crippen molar-refractivity contribution >= 4 is 23.6 Å². The normalized spacial score (nSPS) is 15.6. The van der Waals surface area contributed by atoms with Gasteiger partial charge in [0, 0.05) is 12.2 Å². The molecule has 1 fully saturated rings. The second-order valence-electron chi connectivity index (χ2n) is 11.1. The summed E-state index contributed by atoms with van der Waals surface area (Å²) in [7, 11) is 0. The number of aryl methyl sites for hydroxylation is 1. The summed E-state index contributed by atoms with van der Waals surface area (Å²) in [6.45, 7) is 5.56. The van der Waals surface area contributed by atoms with E-state index in [1.165, 1.54) is 57.8 Å². The number of benzene rings is 2. The molecular weight excluding hydrogens is 506 g/mol. The van der Waals surface area contributed by atoms with E-state index >= 15 is 0 Å². The molecule has 1 aliphatic rings. The monoisotopic (exact) mass is 553 g/mol. The summed E-state index contributed by atoms with van der Waals surface area (Å²) in [5, 5.41) is 12.4. The molecule has 1 amide bonds. The molecular formula is C33H47NO4S. The average Bonchev–Trinajstić information content (AvgIpc) is 2.94. The number of ether oxygens (including phenoxy) is 1. The summed E-state index contributed by atoms with van der Waals surface area (Å²) in [5.74, 6) is 0.744. The smallest absolute Gasteiger partial charge is 0.326 e. The van der Waals surface area contributed by atoms with E-state index in [1.807, 2.05) is 55.6 Å². The summed E-state index contributed by atoms with van der Waals surface area (Å²) in [6, 6.07) is 12.9. The molecule has 0 heterocycles. The van der Waals surface area contributed by atoms with Crippen molar-refractivity contribution in [2.75, 3.05) is 18.6 Å². The van der Waals surface area contributed by atoms with Gasteiger partial charge in [-0.15, -0.1) is 0 Å². The molecule has 0 radical (unpaired) electrons. The number of thioether (sulfide) groups is 1. The average molecular weight is 554 g/mol. The van der Waals surface area contributed by atoms with Gasteiger partial charge in [0.15, 0.2) is 0 Å². The lowest BCUT2D eigenvalue weighted by molar-refractivity contribution is -0.139. The van der Waals surface area contributed by atoms with Gasteiger partial charge in [-0.3, -0.25) is 4.79 Å². The number of carbonyl (C=O) groups is 2. The van der Waals surface area contributed by atoms with Crippen LogP contribution in [0.1, 0.15) is 92.6 Å². The summed E-state index contributed by atoms with van der Waals surface area (Å²) in [6.07, 6.45) is 14.1. The summed E-state index contributed by atoms with van der Waals surface area (Å²) >= 11 is 1.57. The molecule has 0 bridgehead atoms. The van der Waals surface area contributed by atoms with Crippen LogP contribution in [-0.2, 0) is 16.1 Å². The Balaban J connectivity index is 1.75. The van der Waals surface area contributed by atoms with E-state index in [0.717, 1.165) is 34.8 Å². The van der Waals surface area contributed by atoms with Crippen LogP contribution >= 0.6 is 11.8 Å². The maximum atomic E-state index is 13.3. The van der Waals surface area contributed by atoms with Gasteiger partial charge >= 0.3 is 5.97 Å². The third-order valence-corrected chi connectivity index (χ3v) is 8.60. The number of nitrogens with one attached hydrogen (secondary N) is 1. The first kappa shape index (κ1) is 31.2. The number of unbranched alkanes of at least 4 members (excludes halogenated alkanes) is 1. The Kier molecular flexibility index (Phi) is 13.4. The maximum absolute atomic E-state index is 13.3. The van der Waals surface area contributed by atoms with Gasteiger partial charge in [-0.2, -0.15) is 11.8 Å². The summed E-state index contributed by atoms with van der Waals surface area (Å²) in [5.41, 5.74) is 4.36. The van der Waals surface area contributed by atoms with Gasteiger partial charge in [0.05, 0.1) is 6.61 Å². The molecule has 6 heteroatoms. The molecule has 1 aliphatic carbocycles. The number of carboxylic acids is 1. The van der Waals surface area contributed by atoms with E-state index in [-0.39, 0.29) is 5.91 Å². The Bertz CT molecular complexity index is 1050. The molecule has 2 atom stereocenters. The Morgan fingerprint density at radius 3 is 2.54 bits per heavy atom. The lowest BCUT2D eigenvalue weighted by Crippen LogP contribution is -2.41. The number of rotatable bonds is 16. The van der Waals surface area contributed by atoms with Crippen LogP contribution in [0, 0.1) is 18.8 Å². The lowest BCUT2D eigenvalue weighted by Gasteiger charge is -2.26. The first-order valence-corrected chi connectivity index (χ1v) is 16.1. The van der Waals surface area contributed by atoms with Crippen molar-refractivity contribution in [2.24, 2.45) is 11.8 Å². The van der Waals surface area contributed by atoms with Gasteiger partial charge in [-0.05, 0) is 84.4 Å². The first-order chi connectivity index (χ1) is 18.9. The highest BCUT2D eigenvalue weighted by Crippen LogP contribution is 2.32. The fourth-order valence-electron chi connectivity index (χ4n) is 5.71. The molecule has 2 aromatic carbocycles. The second kappa shape index (κ2) is 16.7. The molecule has 2 aromatic rings. The van der Waals surface area contributed by atoms with Gasteiger partial charge in [0.25, 0.3) is 5.91 Å². The number of hydrogen-bond acceptors (Lipinski definition) is 4. The molecule has 0 saturated heterocycles. The molecule has 5 nitrogen and oxygen atoms in total. The first-order valence-electron chi connectivity index (χ1n) is 14.7. The van der Waals surface area contributed by atoms with Gasteiger partial charge in [0.2, 0.25) is 0 Å². The molecule has 0 spiro atoms. The van der Waals surface area contributed by atoms with E-state index in [4.69, 9.17) is 4.74 Å². The fourth-order valence-corrected chi connectivity index (χ4v) is 6.18. The zero-order valence-corrected chi connectivity index (χ0v) is 24.9. The molecule has 39 heavy (non-hydrogen) atoms. The van der Waals surface area contributed by atoms with Crippen molar-refractivity contribution in [1.29, 1.82) is 0 Å². The van der Waals surface area contributed by atoms with Crippen LogP contribution in [0.2, 0.25) is 0 Å². The molecule has 0 aromatic heterocycles. The zero-order chi connectivity index (χ0) is 28.0. The van der Waals surface area contributed by atoms with Gasteiger partial charge in [-0.1, -0.05) is 82.2 Å². The highest BCUT2D eigenvalue weighted by molar-refractivity contribution is 7.98. The number of amides is 1. The van der Waals surface area contributed by atoms with E-state index < -0.39 is 12.0 Å². The maximum Gasteiger partial charge on any atom is 0.326 e. The quantitative estimate of drug-likeness (QED) is 0.221. The predicted molar refractivity (Wildman–Crippen MR) is 162 cm³/mol. The summed E-state index contributed by atoms with van der Waals surface area (Å²) < 4.78 is 6.30. The third-order valence-electron chi connectivity index (χ3n) is 7.96. The SMILES string of the molecule is CCCCC(COCc1ccc(C(=O)N[C@@H](CCSC)C(=O)O)c(-c2ccccc2C)c1)CC1CCCCC1. The molecule has 0 aliphatic heterocycles. The predicted octanol–water partition coefficient (Wildman–Crippen LogP) is 7.89. The Hall–Kier alpha value is -2.31. The van der Waals surface area contributed by atoms with Gasteiger partial charge in [0.1, 0.15) is 6.04 Å². The number of aliphatic carboxylic acids is 1. The minimum atomic E-state index is -1.01. The molecule has 1 unspecified atom stereocenters. The van der Waals surface area contributed by atoms with E-state index in [1.54, 1.807) is 11.8 Å². The lowest BCUT2D eigenvalue weighted by atomic mass is 9.81. The second-order valence-corrected chi connectivity index (χ2v) is 12.1. The van der Waals surface area contributed by atoms with Crippen LogP contribution in [-0.4, -0.2) is 41.6 Å². The number of carboxylic acid groups (broad SMARTS) is 1. The van der Waals surface area contributed by atoms with Crippen molar-refractivity contribution in [1.82, 2.24) is 5.32 Å².